The molecule has 108 valence electrons. The number of aliphatic hydroxyl groups excluding tert-OH is 2. The molecule has 2 aliphatic carbocycles. The quantitative estimate of drug-likeness (QED) is 0.699. The van der Waals surface area contributed by atoms with Gasteiger partial charge >= 0.3 is 0 Å². The highest BCUT2D eigenvalue weighted by Crippen LogP contribution is 2.59. The molecule has 0 radical (unpaired) electrons. The van der Waals surface area contributed by atoms with Crippen LogP contribution in [-0.2, 0) is 4.79 Å². The normalized spacial score (nSPS) is 41.7. The number of carbonyl (C=O) groups is 1. The fourth-order valence-electron chi connectivity index (χ4n) is 4.41. The van der Waals surface area contributed by atoms with E-state index >= 15 is 0 Å². The lowest BCUT2D eigenvalue weighted by atomic mass is 9.47. The van der Waals surface area contributed by atoms with Gasteiger partial charge in [0.05, 0.1) is 13.2 Å². The zero-order valence-corrected chi connectivity index (χ0v) is 11.9. The van der Waals surface area contributed by atoms with Gasteiger partial charge < -0.3 is 15.3 Å². The molecule has 0 spiro atoms. The van der Waals surface area contributed by atoms with Crippen LogP contribution in [0.25, 0.3) is 0 Å². The minimum atomic E-state index is -1.50. The molecule has 0 aromatic heterocycles. The van der Waals surface area contributed by atoms with E-state index in [0.29, 0.717) is 6.42 Å². The van der Waals surface area contributed by atoms with Crippen LogP contribution in [0.2, 0.25) is 0 Å². The molecule has 0 bridgehead atoms. The van der Waals surface area contributed by atoms with Crippen LogP contribution in [0.1, 0.15) is 40.0 Å². The van der Waals surface area contributed by atoms with Crippen molar-refractivity contribution in [2.45, 2.75) is 45.6 Å². The molecule has 0 aromatic rings. The third-order valence-electron chi connectivity index (χ3n) is 5.41. The number of carbonyl (C=O) groups excluding carboxylic acids is 1. The van der Waals surface area contributed by atoms with E-state index in [-0.39, 0.29) is 22.7 Å². The molecule has 19 heavy (non-hydrogen) atoms. The first-order valence-electron chi connectivity index (χ1n) is 6.92. The molecule has 0 saturated heterocycles. The van der Waals surface area contributed by atoms with E-state index in [0.717, 1.165) is 12.8 Å². The Morgan fingerprint density at radius 3 is 2.42 bits per heavy atom. The average Bonchev–Trinajstić information content (AvgIpc) is 2.32. The molecule has 2 aliphatic rings. The van der Waals surface area contributed by atoms with Gasteiger partial charge in [-0.05, 0) is 29.9 Å². The number of hydrogen-bond donors (Lipinski definition) is 3. The molecule has 0 heterocycles. The van der Waals surface area contributed by atoms with Gasteiger partial charge in [-0.1, -0.05) is 27.2 Å². The third kappa shape index (κ3) is 1.81. The van der Waals surface area contributed by atoms with Gasteiger partial charge in [0.15, 0.2) is 5.78 Å². The number of allylic oxidation sites excluding steroid dienone is 1. The first-order valence-corrected chi connectivity index (χ1v) is 6.92. The number of fused-ring (bicyclic) bond motifs is 1. The third-order valence-corrected chi connectivity index (χ3v) is 5.41. The molecule has 2 rings (SSSR count). The largest absolute Gasteiger partial charge is 0.393 e. The summed E-state index contributed by atoms with van der Waals surface area (Å²) in [5.74, 6) is -0.351. The van der Waals surface area contributed by atoms with Crippen molar-refractivity contribution in [2.75, 3.05) is 13.2 Å². The maximum Gasteiger partial charge on any atom is 0.160 e. The van der Waals surface area contributed by atoms with E-state index in [1.54, 1.807) is 0 Å². The minimum Gasteiger partial charge on any atom is -0.393 e. The Hall–Kier alpha value is -0.710. The fourth-order valence-corrected chi connectivity index (χ4v) is 4.41. The van der Waals surface area contributed by atoms with E-state index in [1.165, 1.54) is 6.08 Å². The van der Waals surface area contributed by atoms with Crippen LogP contribution in [0.3, 0.4) is 0 Å². The van der Waals surface area contributed by atoms with Gasteiger partial charge in [0.2, 0.25) is 0 Å². The molecule has 4 nitrogen and oxygen atoms in total. The Morgan fingerprint density at radius 2 is 1.89 bits per heavy atom. The second-order valence-corrected chi connectivity index (χ2v) is 6.94. The lowest BCUT2D eigenvalue weighted by Crippen LogP contribution is -2.64. The minimum absolute atomic E-state index is 0.0330. The van der Waals surface area contributed by atoms with Gasteiger partial charge in [-0.25, -0.2) is 0 Å². The van der Waals surface area contributed by atoms with E-state index in [4.69, 9.17) is 0 Å². The van der Waals surface area contributed by atoms with Crippen molar-refractivity contribution in [1.29, 1.82) is 0 Å². The second kappa shape index (κ2) is 4.40. The van der Waals surface area contributed by atoms with Crippen LogP contribution in [0.5, 0.6) is 0 Å². The summed E-state index contributed by atoms with van der Waals surface area (Å²) in [5, 5.41) is 30.0. The summed E-state index contributed by atoms with van der Waals surface area (Å²) in [6.45, 7) is 5.10. The molecule has 1 saturated carbocycles. The Bertz CT molecular complexity index is 426. The van der Waals surface area contributed by atoms with Gasteiger partial charge in [0.25, 0.3) is 0 Å². The van der Waals surface area contributed by atoms with Crippen LogP contribution >= 0.6 is 0 Å². The summed E-state index contributed by atoms with van der Waals surface area (Å²) < 4.78 is 0. The maximum absolute atomic E-state index is 12.4. The van der Waals surface area contributed by atoms with Crippen molar-refractivity contribution in [1.82, 2.24) is 0 Å². The molecule has 4 heteroatoms. The van der Waals surface area contributed by atoms with E-state index in [2.05, 4.69) is 0 Å². The number of ketones is 1. The van der Waals surface area contributed by atoms with Crippen LogP contribution in [-0.4, -0.2) is 39.9 Å². The smallest absolute Gasteiger partial charge is 0.160 e. The Morgan fingerprint density at radius 1 is 1.26 bits per heavy atom. The van der Waals surface area contributed by atoms with Crippen molar-refractivity contribution in [3.05, 3.63) is 11.6 Å². The standard InChI is InChI=1S/C15H24O4/c1-13(2)5-4-6-14(3)12(13)11(18)7-10(8-16)15(14,19)9-17/h7,12,16-17,19H,4-6,8-9H2,1-3H3. The lowest BCUT2D eigenvalue weighted by Gasteiger charge is -2.58. The molecular weight excluding hydrogens is 244 g/mol. The Labute approximate surface area is 114 Å². The first kappa shape index (κ1) is 14.7. The van der Waals surface area contributed by atoms with E-state index in [1.807, 2.05) is 20.8 Å². The zero-order valence-electron chi connectivity index (χ0n) is 11.9. The number of hydrogen-bond acceptors (Lipinski definition) is 4. The monoisotopic (exact) mass is 268 g/mol. The fraction of sp³-hybridized carbons (Fsp3) is 0.800. The van der Waals surface area contributed by atoms with Gasteiger partial charge in [-0.15, -0.1) is 0 Å². The summed E-state index contributed by atoms with van der Waals surface area (Å²) >= 11 is 0. The SMILES string of the molecule is CC1(C)CCCC2(C)C1C(=O)C=C(CO)C2(O)CO. The molecule has 1 fully saturated rings. The number of aliphatic hydroxyl groups is 3. The molecule has 3 N–H and O–H groups in total. The molecule has 0 amide bonds. The topological polar surface area (TPSA) is 77.8 Å². The van der Waals surface area contributed by atoms with Crippen LogP contribution in [0.15, 0.2) is 11.6 Å². The van der Waals surface area contributed by atoms with Crippen molar-refractivity contribution >= 4 is 5.78 Å². The molecule has 0 aliphatic heterocycles. The predicted octanol–water partition coefficient (Wildman–Crippen LogP) is 1.04. The first-order chi connectivity index (χ1) is 8.73. The summed E-state index contributed by atoms with van der Waals surface area (Å²) in [5.41, 5.74) is -2.17. The average molecular weight is 268 g/mol. The van der Waals surface area contributed by atoms with Crippen LogP contribution in [0.4, 0.5) is 0 Å². The second-order valence-electron chi connectivity index (χ2n) is 6.94. The summed E-state index contributed by atoms with van der Waals surface area (Å²) in [4.78, 5) is 12.4. The number of rotatable bonds is 2. The summed E-state index contributed by atoms with van der Waals surface area (Å²) in [7, 11) is 0. The van der Waals surface area contributed by atoms with Gasteiger partial charge in [0, 0.05) is 11.3 Å². The summed E-state index contributed by atoms with van der Waals surface area (Å²) in [6, 6.07) is 0. The van der Waals surface area contributed by atoms with Gasteiger partial charge in [-0.2, -0.15) is 0 Å². The molecule has 3 unspecified atom stereocenters. The van der Waals surface area contributed by atoms with Crippen molar-refractivity contribution in [3.8, 4) is 0 Å². The highest BCUT2D eigenvalue weighted by molar-refractivity contribution is 5.95. The maximum atomic E-state index is 12.4. The zero-order chi connectivity index (χ0) is 14.5. The van der Waals surface area contributed by atoms with Crippen LogP contribution < -0.4 is 0 Å². The molecular formula is C15H24O4. The molecule has 3 atom stereocenters. The summed E-state index contributed by atoms with van der Waals surface area (Å²) in [6.07, 6.45) is 3.87. The van der Waals surface area contributed by atoms with Crippen molar-refractivity contribution in [3.63, 3.8) is 0 Å². The predicted molar refractivity (Wildman–Crippen MR) is 71.4 cm³/mol. The highest BCUT2D eigenvalue weighted by atomic mass is 16.3. The van der Waals surface area contributed by atoms with E-state index < -0.39 is 24.2 Å². The van der Waals surface area contributed by atoms with Crippen molar-refractivity contribution < 1.29 is 20.1 Å². The molecule has 0 aromatic carbocycles. The van der Waals surface area contributed by atoms with Crippen molar-refractivity contribution in [2.24, 2.45) is 16.7 Å². The van der Waals surface area contributed by atoms with Gasteiger partial charge in [0.1, 0.15) is 5.60 Å². The lowest BCUT2D eigenvalue weighted by molar-refractivity contribution is -0.173. The highest BCUT2D eigenvalue weighted by Gasteiger charge is 2.62. The Kier molecular flexibility index (Phi) is 3.40. The van der Waals surface area contributed by atoms with Gasteiger partial charge in [-0.3, -0.25) is 4.79 Å². The van der Waals surface area contributed by atoms with Crippen LogP contribution in [0, 0.1) is 16.7 Å². The van der Waals surface area contributed by atoms with E-state index in [9.17, 15) is 20.1 Å². The Balaban J connectivity index is 2.63.